The van der Waals surface area contributed by atoms with Crippen molar-refractivity contribution >= 4 is 22.8 Å². The minimum absolute atomic E-state index is 0.148. The predicted octanol–water partition coefficient (Wildman–Crippen LogP) is 2.31. The first-order valence-electron chi connectivity index (χ1n) is 9.80. The second kappa shape index (κ2) is 8.05. The van der Waals surface area contributed by atoms with Crippen molar-refractivity contribution in [2.24, 2.45) is 0 Å². The maximum absolute atomic E-state index is 13.4. The van der Waals surface area contributed by atoms with E-state index in [-0.39, 0.29) is 5.56 Å². The van der Waals surface area contributed by atoms with Gasteiger partial charge in [-0.15, -0.1) is 0 Å². The number of anilines is 1. The standard InChI is InChI=1S/C22H24N4O3/c1-3-24-11-13-25(14-12-24)22-23-19-15-16(21(28)29-2)9-10-18(19)20(27)26(22)17-7-5-4-6-8-17/h4-10,15H,3,11-14H2,1-2H3. The van der Waals surface area contributed by atoms with E-state index in [0.717, 1.165) is 38.4 Å². The fraction of sp³-hybridized carbons (Fsp3) is 0.318. The van der Waals surface area contributed by atoms with Crippen molar-refractivity contribution in [3.63, 3.8) is 0 Å². The number of carbonyl (C=O) groups excluding carboxylic acids is 1. The molecule has 0 N–H and O–H groups in total. The molecular formula is C22H24N4O3. The highest BCUT2D eigenvalue weighted by atomic mass is 16.5. The summed E-state index contributed by atoms with van der Waals surface area (Å²) in [7, 11) is 1.34. The summed E-state index contributed by atoms with van der Waals surface area (Å²) in [5.74, 6) is 0.158. The van der Waals surface area contributed by atoms with E-state index in [4.69, 9.17) is 9.72 Å². The van der Waals surface area contributed by atoms with Crippen molar-refractivity contribution < 1.29 is 9.53 Å². The summed E-state index contributed by atoms with van der Waals surface area (Å²) in [6.45, 7) is 6.57. The molecule has 0 bridgehead atoms. The molecule has 7 nitrogen and oxygen atoms in total. The molecule has 3 aromatic rings. The number of likely N-dealkylation sites (N-methyl/N-ethyl adjacent to an activating group) is 1. The zero-order valence-electron chi connectivity index (χ0n) is 16.7. The van der Waals surface area contributed by atoms with Gasteiger partial charge in [0, 0.05) is 26.2 Å². The number of hydrogen-bond acceptors (Lipinski definition) is 6. The van der Waals surface area contributed by atoms with Gasteiger partial charge in [-0.3, -0.25) is 4.79 Å². The van der Waals surface area contributed by atoms with Crippen LogP contribution in [-0.2, 0) is 4.74 Å². The highest BCUT2D eigenvalue weighted by molar-refractivity contribution is 5.94. The van der Waals surface area contributed by atoms with E-state index in [0.29, 0.717) is 22.4 Å². The molecule has 2 heterocycles. The quantitative estimate of drug-likeness (QED) is 0.635. The lowest BCUT2D eigenvalue weighted by atomic mass is 10.1. The molecule has 2 aromatic carbocycles. The fourth-order valence-electron chi connectivity index (χ4n) is 3.70. The first kappa shape index (κ1) is 19.1. The van der Waals surface area contributed by atoms with Crippen LogP contribution < -0.4 is 10.5 Å². The SMILES string of the molecule is CCN1CCN(c2nc3cc(C(=O)OC)ccc3c(=O)n2-c2ccccc2)CC1. The number of benzene rings is 2. The van der Waals surface area contributed by atoms with Crippen LogP contribution >= 0.6 is 0 Å². The third kappa shape index (κ3) is 3.61. The van der Waals surface area contributed by atoms with Crippen LogP contribution in [0.5, 0.6) is 0 Å². The van der Waals surface area contributed by atoms with Crippen LogP contribution in [0.2, 0.25) is 0 Å². The molecule has 1 aliphatic heterocycles. The molecule has 7 heteroatoms. The van der Waals surface area contributed by atoms with Gasteiger partial charge in [-0.25, -0.2) is 14.3 Å². The molecule has 0 unspecified atom stereocenters. The van der Waals surface area contributed by atoms with E-state index < -0.39 is 5.97 Å². The number of rotatable bonds is 4. The molecular weight excluding hydrogens is 368 g/mol. The maximum atomic E-state index is 13.4. The number of fused-ring (bicyclic) bond motifs is 1. The Morgan fingerprint density at radius 3 is 2.45 bits per heavy atom. The minimum Gasteiger partial charge on any atom is -0.465 e. The monoisotopic (exact) mass is 392 g/mol. The molecule has 1 fully saturated rings. The van der Waals surface area contributed by atoms with Crippen LogP contribution in [0.3, 0.4) is 0 Å². The molecule has 0 saturated carbocycles. The summed E-state index contributed by atoms with van der Waals surface area (Å²) in [5.41, 5.74) is 1.51. The largest absolute Gasteiger partial charge is 0.465 e. The number of para-hydroxylation sites is 1. The lowest BCUT2D eigenvalue weighted by molar-refractivity contribution is 0.0601. The molecule has 0 spiro atoms. The van der Waals surface area contributed by atoms with Crippen LogP contribution in [0.4, 0.5) is 5.95 Å². The summed E-state index contributed by atoms with van der Waals surface area (Å²) >= 11 is 0. The lowest BCUT2D eigenvalue weighted by Crippen LogP contribution is -2.48. The Kier molecular flexibility index (Phi) is 5.31. The second-order valence-corrected chi connectivity index (χ2v) is 7.03. The van der Waals surface area contributed by atoms with E-state index in [1.807, 2.05) is 30.3 Å². The molecule has 0 aliphatic carbocycles. The number of aromatic nitrogens is 2. The van der Waals surface area contributed by atoms with Crippen molar-refractivity contribution in [2.75, 3.05) is 44.7 Å². The Morgan fingerprint density at radius 2 is 1.79 bits per heavy atom. The number of ether oxygens (including phenoxy) is 1. The minimum atomic E-state index is -0.445. The molecule has 4 rings (SSSR count). The van der Waals surface area contributed by atoms with Gasteiger partial charge in [0.15, 0.2) is 0 Å². The van der Waals surface area contributed by atoms with Gasteiger partial charge in [-0.2, -0.15) is 0 Å². The third-order valence-electron chi connectivity index (χ3n) is 5.39. The van der Waals surface area contributed by atoms with Crippen LogP contribution in [0, 0.1) is 0 Å². The Labute approximate surface area is 169 Å². The van der Waals surface area contributed by atoms with Crippen LogP contribution in [0.15, 0.2) is 53.3 Å². The molecule has 1 aromatic heterocycles. The van der Waals surface area contributed by atoms with Gasteiger partial charge in [0.25, 0.3) is 5.56 Å². The Balaban J connectivity index is 1.90. The van der Waals surface area contributed by atoms with E-state index in [1.165, 1.54) is 7.11 Å². The number of piperazine rings is 1. The van der Waals surface area contributed by atoms with Gasteiger partial charge >= 0.3 is 5.97 Å². The zero-order valence-corrected chi connectivity index (χ0v) is 16.7. The first-order valence-corrected chi connectivity index (χ1v) is 9.80. The number of methoxy groups -OCH3 is 1. The summed E-state index contributed by atoms with van der Waals surface area (Å²) in [5, 5.41) is 0.470. The molecule has 0 radical (unpaired) electrons. The Hall–Kier alpha value is -3.19. The smallest absolute Gasteiger partial charge is 0.337 e. The Morgan fingerprint density at radius 1 is 1.07 bits per heavy atom. The van der Waals surface area contributed by atoms with Crippen LogP contribution in [0.25, 0.3) is 16.6 Å². The number of nitrogens with zero attached hydrogens (tertiary/aromatic N) is 4. The van der Waals surface area contributed by atoms with E-state index in [2.05, 4.69) is 16.7 Å². The number of carbonyl (C=O) groups is 1. The van der Waals surface area contributed by atoms with Crippen molar-refractivity contribution in [1.82, 2.24) is 14.5 Å². The maximum Gasteiger partial charge on any atom is 0.337 e. The highest BCUT2D eigenvalue weighted by Gasteiger charge is 2.23. The number of esters is 1. The summed E-state index contributed by atoms with van der Waals surface area (Å²) in [4.78, 5) is 34.7. The van der Waals surface area contributed by atoms with Gasteiger partial charge in [-0.1, -0.05) is 25.1 Å². The van der Waals surface area contributed by atoms with Crippen molar-refractivity contribution in [1.29, 1.82) is 0 Å². The van der Waals surface area contributed by atoms with E-state index in [1.54, 1.807) is 22.8 Å². The summed E-state index contributed by atoms with van der Waals surface area (Å²) in [6.07, 6.45) is 0. The number of hydrogen-bond donors (Lipinski definition) is 0. The second-order valence-electron chi connectivity index (χ2n) is 7.03. The van der Waals surface area contributed by atoms with Gasteiger partial charge < -0.3 is 14.5 Å². The van der Waals surface area contributed by atoms with E-state index in [9.17, 15) is 9.59 Å². The average molecular weight is 392 g/mol. The average Bonchev–Trinajstić information content (AvgIpc) is 2.78. The third-order valence-corrected chi connectivity index (χ3v) is 5.39. The van der Waals surface area contributed by atoms with Gasteiger partial charge in [-0.05, 0) is 36.9 Å². The zero-order chi connectivity index (χ0) is 20.4. The van der Waals surface area contributed by atoms with Crippen molar-refractivity contribution in [3.8, 4) is 5.69 Å². The lowest BCUT2D eigenvalue weighted by Gasteiger charge is -2.35. The van der Waals surface area contributed by atoms with Crippen LogP contribution in [-0.4, -0.2) is 60.3 Å². The molecule has 0 atom stereocenters. The topological polar surface area (TPSA) is 67.7 Å². The molecule has 1 saturated heterocycles. The summed E-state index contributed by atoms with van der Waals surface area (Å²) in [6, 6.07) is 14.4. The highest BCUT2D eigenvalue weighted by Crippen LogP contribution is 2.21. The van der Waals surface area contributed by atoms with Gasteiger partial charge in [0.05, 0.1) is 29.3 Å². The molecule has 29 heavy (non-hydrogen) atoms. The van der Waals surface area contributed by atoms with E-state index >= 15 is 0 Å². The molecule has 1 aliphatic rings. The predicted molar refractivity (Wildman–Crippen MR) is 113 cm³/mol. The van der Waals surface area contributed by atoms with Gasteiger partial charge in [0.2, 0.25) is 5.95 Å². The van der Waals surface area contributed by atoms with Crippen molar-refractivity contribution in [3.05, 3.63) is 64.4 Å². The normalized spacial score (nSPS) is 14.9. The molecule has 0 amide bonds. The fourth-order valence-corrected chi connectivity index (χ4v) is 3.70. The summed E-state index contributed by atoms with van der Waals surface area (Å²) < 4.78 is 6.48. The first-order chi connectivity index (χ1) is 14.1. The van der Waals surface area contributed by atoms with Crippen LogP contribution in [0.1, 0.15) is 17.3 Å². The Bertz CT molecular complexity index is 1090. The van der Waals surface area contributed by atoms with Gasteiger partial charge in [0.1, 0.15) is 0 Å². The molecule has 150 valence electrons. The van der Waals surface area contributed by atoms with Crippen molar-refractivity contribution in [2.45, 2.75) is 6.92 Å².